The Balaban J connectivity index is 2.80. The highest BCUT2D eigenvalue weighted by atomic mass is 16.6. The van der Waals surface area contributed by atoms with E-state index < -0.39 is 4.92 Å². The van der Waals surface area contributed by atoms with Crippen molar-refractivity contribution in [2.45, 2.75) is 26.7 Å². The molecule has 6 heteroatoms. The van der Waals surface area contributed by atoms with Crippen molar-refractivity contribution in [3.63, 3.8) is 0 Å². The molecule has 0 heterocycles. The fraction of sp³-hybridized carbons (Fsp3) is 0.417. The van der Waals surface area contributed by atoms with Crippen molar-refractivity contribution in [3.8, 4) is 5.75 Å². The standard InChI is InChI=1S/C12H17N3O3/c1-8-6-9(2)12(10(7-8)15(16)17)18-5-3-4-11(13)14/h6-7H,3-5H2,1-2H3,(H3,13,14). The summed E-state index contributed by atoms with van der Waals surface area (Å²) in [5.41, 5.74) is 6.77. The van der Waals surface area contributed by atoms with E-state index in [0.717, 1.165) is 11.1 Å². The Morgan fingerprint density at radius 1 is 1.50 bits per heavy atom. The maximum absolute atomic E-state index is 10.9. The van der Waals surface area contributed by atoms with Gasteiger partial charge in [0.1, 0.15) is 0 Å². The Labute approximate surface area is 105 Å². The molecule has 0 saturated carbocycles. The number of aryl methyl sites for hydroxylation is 2. The molecule has 18 heavy (non-hydrogen) atoms. The van der Waals surface area contributed by atoms with Crippen LogP contribution >= 0.6 is 0 Å². The Morgan fingerprint density at radius 3 is 2.72 bits per heavy atom. The molecule has 0 spiro atoms. The molecule has 0 radical (unpaired) electrons. The van der Waals surface area contributed by atoms with Crippen LogP contribution in [0.3, 0.4) is 0 Å². The summed E-state index contributed by atoms with van der Waals surface area (Å²) in [7, 11) is 0. The third kappa shape index (κ3) is 3.73. The summed E-state index contributed by atoms with van der Waals surface area (Å²) in [6, 6.07) is 3.33. The summed E-state index contributed by atoms with van der Waals surface area (Å²) in [4.78, 5) is 10.5. The Kier molecular flexibility index (Phi) is 4.65. The summed E-state index contributed by atoms with van der Waals surface area (Å²) in [6.07, 6.45) is 0.999. The van der Waals surface area contributed by atoms with Gasteiger partial charge in [0.25, 0.3) is 0 Å². The first-order chi connectivity index (χ1) is 8.41. The van der Waals surface area contributed by atoms with Crippen molar-refractivity contribution >= 4 is 11.5 Å². The summed E-state index contributed by atoms with van der Waals surface area (Å²) in [5, 5.41) is 18.0. The highest BCUT2D eigenvalue weighted by Gasteiger charge is 2.18. The van der Waals surface area contributed by atoms with Crippen molar-refractivity contribution in [1.82, 2.24) is 0 Å². The van der Waals surface area contributed by atoms with Gasteiger partial charge in [-0.1, -0.05) is 6.07 Å². The number of hydrogen-bond acceptors (Lipinski definition) is 4. The Bertz CT molecular complexity index is 472. The maximum Gasteiger partial charge on any atom is 0.311 e. The second kappa shape index (κ2) is 6.00. The van der Waals surface area contributed by atoms with E-state index in [4.69, 9.17) is 15.9 Å². The molecule has 6 nitrogen and oxygen atoms in total. The number of benzene rings is 1. The van der Waals surface area contributed by atoms with Crippen LogP contribution in [0.5, 0.6) is 5.75 Å². The summed E-state index contributed by atoms with van der Waals surface area (Å²) in [6.45, 7) is 3.89. The molecule has 3 N–H and O–H groups in total. The van der Waals surface area contributed by atoms with Crippen molar-refractivity contribution < 1.29 is 9.66 Å². The number of ether oxygens (including phenoxy) is 1. The van der Waals surface area contributed by atoms with E-state index in [1.54, 1.807) is 13.8 Å². The third-order valence-corrected chi connectivity index (χ3v) is 2.43. The molecule has 1 rings (SSSR count). The van der Waals surface area contributed by atoms with Gasteiger partial charge in [0.15, 0.2) is 5.75 Å². The Morgan fingerprint density at radius 2 is 2.17 bits per heavy atom. The van der Waals surface area contributed by atoms with Crippen LogP contribution in [0.25, 0.3) is 0 Å². The zero-order valence-electron chi connectivity index (χ0n) is 10.5. The number of nitro groups is 1. The molecule has 0 amide bonds. The molecule has 0 aliphatic rings. The molecule has 0 aliphatic carbocycles. The number of nitrogens with zero attached hydrogens (tertiary/aromatic N) is 1. The molecule has 0 saturated heterocycles. The lowest BCUT2D eigenvalue weighted by Crippen LogP contribution is -2.11. The molecule has 0 unspecified atom stereocenters. The second-order valence-electron chi connectivity index (χ2n) is 4.16. The summed E-state index contributed by atoms with van der Waals surface area (Å²) >= 11 is 0. The zero-order valence-corrected chi connectivity index (χ0v) is 10.5. The lowest BCUT2D eigenvalue weighted by molar-refractivity contribution is -0.386. The van der Waals surface area contributed by atoms with Gasteiger partial charge >= 0.3 is 5.69 Å². The molecule has 1 aromatic carbocycles. The quantitative estimate of drug-likeness (QED) is 0.266. The smallest absolute Gasteiger partial charge is 0.311 e. The number of hydrogen-bond donors (Lipinski definition) is 2. The van der Waals surface area contributed by atoms with Crippen LogP contribution in [0.2, 0.25) is 0 Å². The monoisotopic (exact) mass is 251 g/mol. The van der Waals surface area contributed by atoms with Crippen LogP contribution in [-0.4, -0.2) is 17.4 Å². The lowest BCUT2D eigenvalue weighted by Gasteiger charge is -2.10. The number of nitro benzene ring substituents is 1. The first kappa shape index (κ1) is 14.0. The van der Waals surface area contributed by atoms with Gasteiger partial charge in [-0.05, 0) is 31.4 Å². The molecule has 0 aromatic heterocycles. The number of rotatable bonds is 6. The average Bonchev–Trinajstić information content (AvgIpc) is 2.25. The van der Waals surface area contributed by atoms with Gasteiger partial charge < -0.3 is 10.5 Å². The van der Waals surface area contributed by atoms with Crippen LogP contribution in [0.15, 0.2) is 12.1 Å². The molecule has 0 fully saturated rings. The van der Waals surface area contributed by atoms with Crippen LogP contribution < -0.4 is 10.5 Å². The van der Waals surface area contributed by atoms with E-state index in [9.17, 15) is 10.1 Å². The molecular formula is C12H17N3O3. The van der Waals surface area contributed by atoms with Gasteiger partial charge in [0.2, 0.25) is 0 Å². The van der Waals surface area contributed by atoms with E-state index in [0.29, 0.717) is 25.2 Å². The average molecular weight is 251 g/mol. The number of nitrogens with one attached hydrogen (secondary N) is 1. The van der Waals surface area contributed by atoms with Crippen LogP contribution in [0, 0.1) is 29.4 Å². The zero-order chi connectivity index (χ0) is 13.7. The van der Waals surface area contributed by atoms with Crippen molar-refractivity contribution in [3.05, 3.63) is 33.4 Å². The molecule has 0 aliphatic heterocycles. The van der Waals surface area contributed by atoms with Crippen LogP contribution in [0.1, 0.15) is 24.0 Å². The van der Waals surface area contributed by atoms with Crippen molar-refractivity contribution in [2.24, 2.45) is 5.73 Å². The SMILES string of the molecule is Cc1cc(C)c(OCCCC(=N)N)c([N+](=O)[O-])c1. The lowest BCUT2D eigenvalue weighted by atomic mass is 10.1. The van der Waals surface area contributed by atoms with Gasteiger partial charge in [0.05, 0.1) is 17.4 Å². The maximum atomic E-state index is 10.9. The molecule has 0 bridgehead atoms. The second-order valence-corrected chi connectivity index (χ2v) is 4.16. The van der Waals surface area contributed by atoms with E-state index in [1.807, 2.05) is 6.07 Å². The van der Waals surface area contributed by atoms with E-state index in [1.165, 1.54) is 6.07 Å². The van der Waals surface area contributed by atoms with Gasteiger partial charge in [-0.3, -0.25) is 15.5 Å². The summed E-state index contributed by atoms with van der Waals surface area (Å²) < 4.78 is 5.44. The predicted molar refractivity (Wildman–Crippen MR) is 69.2 cm³/mol. The highest BCUT2D eigenvalue weighted by Crippen LogP contribution is 2.32. The summed E-state index contributed by atoms with van der Waals surface area (Å²) in [5.74, 6) is 0.392. The highest BCUT2D eigenvalue weighted by molar-refractivity contribution is 5.76. The predicted octanol–water partition coefficient (Wildman–Crippen LogP) is 2.31. The van der Waals surface area contributed by atoms with E-state index in [2.05, 4.69) is 0 Å². The minimum Gasteiger partial charge on any atom is -0.487 e. The minimum absolute atomic E-state index is 0.0182. The van der Waals surface area contributed by atoms with E-state index >= 15 is 0 Å². The first-order valence-electron chi connectivity index (χ1n) is 5.63. The van der Waals surface area contributed by atoms with Gasteiger partial charge in [-0.25, -0.2) is 0 Å². The largest absolute Gasteiger partial charge is 0.487 e. The van der Waals surface area contributed by atoms with Crippen molar-refractivity contribution in [2.75, 3.05) is 6.61 Å². The first-order valence-corrected chi connectivity index (χ1v) is 5.63. The van der Waals surface area contributed by atoms with Crippen molar-refractivity contribution in [1.29, 1.82) is 5.41 Å². The Hall–Kier alpha value is -2.11. The topological polar surface area (TPSA) is 102 Å². The normalized spacial score (nSPS) is 10.1. The minimum atomic E-state index is -0.444. The fourth-order valence-electron chi connectivity index (χ4n) is 1.69. The van der Waals surface area contributed by atoms with Gasteiger partial charge in [-0.2, -0.15) is 0 Å². The molecule has 1 aromatic rings. The molecular weight excluding hydrogens is 234 g/mol. The number of nitrogens with two attached hydrogens (primary N) is 1. The van der Waals surface area contributed by atoms with Gasteiger partial charge in [-0.15, -0.1) is 0 Å². The van der Waals surface area contributed by atoms with E-state index in [-0.39, 0.29) is 11.5 Å². The fourth-order valence-corrected chi connectivity index (χ4v) is 1.69. The molecule has 0 atom stereocenters. The van der Waals surface area contributed by atoms with Crippen LogP contribution in [-0.2, 0) is 0 Å². The van der Waals surface area contributed by atoms with Crippen LogP contribution in [0.4, 0.5) is 5.69 Å². The van der Waals surface area contributed by atoms with Gasteiger partial charge in [0, 0.05) is 12.5 Å². The molecule has 98 valence electrons. The number of amidine groups is 1. The third-order valence-electron chi connectivity index (χ3n) is 2.43.